The molecule has 0 aliphatic heterocycles. The van der Waals surface area contributed by atoms with E-state index in [1.807, 2.05) is 47.3 Å². The highest BCUT2D eigenvalue weighted by Crippen LogP contribution is 2.35. The lowest BCUT2D eigenvalue weighted by molar-refractivity contribution is 0.161. The monoisotopic (exact) mass is 228 g/mol. The van der Waals surface area contributed by atoms with Gasteiger partial charge < -0.3 is 5.11 Å². The van der Waals surface area contributed by atoms with E-state index in [1.165, 1.54) is 0 Å². The number of rotatable bonds is 2. The fraction of sp³-hybridized carbons (Fsp3) is 0.357. The van der Waals surface area contributed by atoms with Crippen molar-refractivity contribution >= 4 is 0 Å². The smallest absolute Gasteiger partial charge is 0.0648 e. The first-order chi connectivity index (χ1) is 8.36. The van der Waals surface area contributed by atoms with Crippen molar-refractivity contribution in [2.45, 2.75) is 31.3 Å². The molecule has 1 saturated carbocycles. The lowest BCUT2D eigenvalue weighted by Gasteiger charge is -2.16. The Kier molecular flexibility index (Phi) is 2.69. The Balaban J connectivity index is 2.00. The Hall–Kier alpha value is -1.61. The number of aliphatic hydroxyl groups is 1. The van der Waals surface area contributed by atoms with Crippen LogP contribution < -0.4 is 0 Å². The van der Waals surface area contributed by atoms with Gasteiger partial charge in [0.15, 0.2) is 0 Å². The molecule has 1 aliphatic rings. The molecule has 1 aliphatic carbocycles. The van der Waals surface area contributed by atoms with E-state index in [1.54, 1.807) is 0 Å². The lowest BCUT2D eigenvalue weighted by atomic mass is 10.0. The molecule has 0 radical (unpaired) electrons. The van der Waals surface area contributed by atoms with Gasteiger partial charge in [0, 0.05) is 17.8 Å². The van der Waals surface area contributed by atoms with E-state index in [-0.39, 0.29) is 12.0 Å². The van der Waals surface area contributed by atoms with Crippen LogP contribution >= 0.6 is 0 Å². The van der Waals surface area contributed by atoms with Crippen LogP contribution in [0.15, 0.2) is 42.6 Å². The third-order valence-corrected chi connectivity index (χ3v) is 3.53. The van der Waals surface area contributed by atoms with Gasteiger partial charge >= 0.3 is 0 Å². The second kappa shape index (κ2) is 4.34. The second-order valence-corrected chi connectivity index (χ2v) is 4.61. The van der Waals surface area contributed by atoms with E-state index in [0.29, 0.717) is 0 Å². The minimum Gasteiger partial charge on any atom is -0.392 e. The van der Waals surface area contributed by atoms with Crippen LogP contribution in [0.2, 0.25) is 0 Å². The van der Waals surface area contributed by atoms with Gasteiger partial charge in [0.25, 0.3) is 0 Å². The summed E-state index contributed by atoms with van der Waals surface area (Å²) in [4.78, 5) is 0. The minimum absolute atomic E-state index is 0.214. The molecule has 17 heavy (non-hydrogen) atoms. The van der Waals surface area contributed by atoms with E-state index in [4.69, 9.17) is 0 Å². The van der Waals surface area contributed by atoms with Gasteiger partial charge in [-0.05, 0) is 31.0 Å². The van der Waals surface area contributed by atoms with Gasteiger partial charge in [-0.15, -0.1) is 0 Å². The van der Waals surface area contributed by atoms with Crippen molar-refractivity contribution in [1.29, 1.82) is 0 Å². The Morgan fingerprint density at radius 3 is 2.65 bits per heavy atom. The first-order valence-corrected chi connectivity index (χ1v) is 6.13. The first-order valence-electron chi connectivity index (χ1n) is 6.13. The average molecular weight is 228 g/mol. The summed E-state index contributed by atoms with van der Waals surface area (Å²) in [7, 11) is 0. The van der Waals surface area contributed by atoms with Crippen LogP contribution in [-0.4, -0.2) is 21.0 Å². The average Bonchev–Trinajstić information content (AvgIpc) is 2.98. The molecule has 1 aromatic heterocycles. The zero-order valence-electron chi connectivity index (χ0n) is 9.66. The quantitative estimate of drug-likeness (QED) is 0.857. The summed E-state index contributed by atoms with van der Waals surface area (Å²) in [6.45, 7) is 0. The SMILES string of the molecule is OC1CCCC1c1ccnn1-c1ccccc1. The Morgan fingerprint density at radius 2 is 1.94 bits per heavy atom. The van der Waals surface area contributed by atoms with Gasteiger partial charge in [0.05, 0.1) is 11.8 Å². The van der Waals surface area contributed by atoms with E-state index in [9.17, 15) is 5.11 Å². The van der Waals surface area contributed by atoms with Crippen LogP contribution in [0, 0.1) is 0 Å². The van der Waals surface area contributed by atoms with Gasteiger partial charge in [-0.3, -0.25) is 0 Å². The van der Waals surface area contributed by atoms with Crippen molar-refractivity contribution in [3.8, 4) is 5.69 Å². The molecule has 1 aromatic carbocycles. The van der Waals surface area contributed by atoms with Crippen LogP contribution in [0.4, 0.5) is 0 Å². The predicted molar refractivity (Wildman–Crippen MR) is 66.2 cm³/mol. The minimum atomic E-state index is -0.214. The number of aromatic nitrogens is 2. The molecule has 2 aromatic rings. The largest absolute Gasteiger partial charge is 0.392 e. The van der Waals surface area contributed by atoms with Crippen LogP contribution in [0.3, 0.4) is 0 Å². The maximum Gasteiger partial charge on any atom is 0.0648 e. The summed E-state index contributed by atoms with van der Waals surface area (Å²) >= 11 is 0. The standard InChI is InChI=1S/C14H16N2O/c17-14-8-4-7-12(14)13-9-10-15-16(13)11-5-2-1-3-6-11/h1-3,5-6,9-10,12,14,17H,4,7-8H2. The molecule has 1 N–H and O–H groups in total. The number of hydrogen-bond acceptors (Lipinski definition) is 2. The van der Waals surface area contributed by atoms with Crippen LogP contribution in [0.5, 0.6) is 0 Å². The Bertz CT molecular complexity index is 492. The molecule has 3 heteroatoms. The van der Waals surface area contributed by atoms with Crippen molar-refractivity contribution in [1.82, 2.24) is 9.78 Å². The summed E-state index contributed by atoms with van der Waals surface area (Å²) in [6, 6.07) is 12.1. The predicted octanol–water partition coefficient (Wildman–Crippen LogP) is 2.50. The summed E-state index contributed by atoms with van der Waals surface area (Å²) in [5.74, 6) is 0.234. The molecule has 1 heterocycles. The summed E-state index contributed by atoms with van der Waals surface area (Å²) in [5.41, 5.74) is 2.19. The van der Waals surface area contributed by atoms with Gasteiger partial charge in [0.2, 0.25) is 0 Å². The van der Waals surface area contributed by atoms with Crippen molar-refractivity contribution < 1.29 is 5.11 Å². The van der Waals surface area contributed by atoms with Crippen molar-refractivity contribution in [2.75, 3.05) is 0 Å². The zero-order chi connectivity index (χ0) is 11.7. The number of benzene rings is 1. The summed E-state index contributed by atoms with van der Waals surface area (Å²) in [6.07, 6.45) is 4.66. The maximum atomic E-state index is 9.99. The van der Waals surface area contributed by atoms with Gasteiger partial charge in [0.1, 0.15) is 0 Å². The Labute approximate surface area is 101 Å². The van der Waals surface area contributed by atoms with Crippen LogP contribution in [-0.2, 0) is 0 Å². The second-order valence-electron chi connectivity index (χ2n) is 4.61. The van der Waals surface area contributed by atoms with Crippen molar-refractivity contribution in [3.05, 3.63) is 48.3 Å². The molecule has 2 atom stereocenters. The molecule has 0 bridgehead atoms. The van der Waals surface area contributed by atoms with Gasteiger partial charge in [-0.2, -0.15) is 5.10 Å². The molecule has 1 fully saturated rings. The lowest BCUT2D eigenvalue weighted by Crippen LogP contribution is -2.15. The summed E-state index contributed by atoms with van der Waals surface area (Å²) in [5, 5.41) is 14.4. The van der Waals surface area contributed by atoms with Crippen molar-refractivity contribution in [3.63, 3.8) is 0 Å². The molecular weight excluding hydrogens is 212 g/mol. The van der Waals surface area contributed by atoms with Crippen LogP contribution in [0.25, 0.3) is 5.69 Å². The number of para-hydroxylation sites is 1. The zero-order valence-corrected chi connectivity index (χ0v) is 9.66. The maximum absolute atomic E-state index is 9.99. The molecule has 88 valence electrons. The molecule has 3 nitrogen and oxygen atoms in total. The van der Waals surface area contributed by atoms with Crippen molar-refractivity contribution in [2.24, 2.45) is 0 Å². The first kappa shape index (κ1) is 10.5. The normalized spacial score (nSPS) is 24.1. The van der Waals surface area contributed by atoms with Crippen LogP contribution in [0.1, 0.15) is 30.9 Å². The molecular formula is C14H16N2O. The molecule has 0 amide bonds. The summed E-state index contributed by atoms with van der Waals surface area (Å²) < 4.78 is 1.94. The third kappa shape index (κ3) is 1.87. The topological polar surface area (TPSA) is 38.1 Å². The third-order valence-electron chi connectivity index (χ3n) is 3.53. The Morgan fingerprint density at radius 1 is 1.12 bits per heavy atom. The van der Waals surface area contributed by atoms with Gasteiger partial charge in [-0.1, -0.05) is 24.6 Å². The number of aliphatic hydroxyl groups excluding tert-OH is 1. The van der Waals surface area contributed by atoms with E-state index >= 15 is 0 Å². The molecule has 3 rings (SSSR count). The highest BCUT2D eigenvalue weighted by Gasteiger charge is 2.29. The molecule has 2 unspecified atom stereocenters. The van der Waals surface area contributed by atoms with E-state index < -0.39 is 0 Å². The van der Waals surface area contributed by atoms with E-state index in [2.05, 4.69) is 5.10 Å². The number of hydrogen-bond donors (Lipinski definition) is 1. The molecule has 0 saturated heterocycles. The number of nitrogens with zero attached hydrogens (tertiary/aromatic N) is 2. The van der Waals surface area contributed by atoms with E-state index in [0.717, 1.165) is 30.6 Å². The fourth-order valence-electron chi connectivity index (χ4n) is 2.66. The van der Waals surface area contributed by atoms with Gasteiger partial charge in [-0.25, -0.2) is 4.68 Å². The highest BCUT2D eigenvalue weighted by molar-refractivity contribution is 5.33. The fourth-order valence-corrected chi connectivity index (χ4v) is 2.66. The highest BCUT2D eigenvalue weighted by atomic mass is 16.3. The molecule has 0 spiro atoms.